The molecular weight excluding hydrogens is 295 g/mol. The molecule has 0 saturated heterocycles. The van der Waals surface area contributed by atoms with Crippen LogP contribution in [0.1, 0.15) is 30.4 Å². The third-order valence-corrected chi connectivity index (χ3v) is 5.36. The highest BCUT2D eigenvalue weighted by atomic mass is 32.2. The molecule has 0 spiro atoms. The number of sulfonamides is 1. The Balaban J connectivity index is 2.29. The van der Waals surface area contributed by atoms with E-state index in [2.05, 4.69) is 4.72 Å². The van der Waals surface area contributed by atoms with Gasteiger partial charge in [0.15, 0.2) is 0 Å². The molecular formula is C14H21FN2O3S. The van der Waals surface area contributed by atoms with Crippen LogP contribution in [0, 0.1) is 12.7 Å². The van der Waals surface area contributed by atoms with Crippen molar-refractivity contribution in [3.63, 3.8) is 0 Å². The summed E-state index contributed by atoms with van der Waals surface area (Å²) in [5, 5.41) is 0. The number of nitrogens with one attached hydrogen (secondary N) is 1. The Hall–Kier alpha value is -1.02. The average molecular weight is 316 g/mol. The number of aryl methyl sites for hydroxylation is 1. The second-order valence-electron chi connectivity index (χ2n) is 5.35. The zero-order chi connectivity index (χ0) is 15.6. The fraction of sp³-hybridized carbons (Fsp3) is 0.571. The van der Waals surface area contributed by atoms with Gasteiger partial charge < -0.3 is 10.5 Å². The number of benzene rings is 1. The van der Waals surface area contributed by atoms with Crippen LogP contribution in [-0.2, 0) is 21.3 Å². The van der Waals surface area contributed by atoms with Gasteiger partial charge in [-0.05, 0) is 43.9 Å². The first kappa shape index (κ1) is 16.4. The molecule has 0 bridgehead atoms. The summed E-state index contributed by atoms with van der Waals surface area (Å²) >= 11 is 0. The molecule has 2 unspecified atom stereocenters. The fourth-order valence-corrected chi connectivity index (χ4v) is 4.15. The number of hydrogen-bond donors (Lipinski definition) is 2. The summed E-state index contributed by atoms with van der Waals surface area (Å²) in [4.78, 5) is 0.0450. The molecule has 0 heterocycles. The molecule has 1 fully saturated rings. The minimum atomic E-state index is -3.71. The van der Waals surface area contributed by atoms with Crippen molar-refractivity contribution in [3.05, 3.63) is 29.1 Å². The first-order chi connectivity index (χ1) is 9.89. The zero-order valence-electron chi connectivity index (χ0n) is 12.2. The van der Waals surface area contributed by atoms with E-state index < -0.39 is 15.8 Å². The molecule has 2 rings (SSSR count). The van der Waals surface area contributed by atoms with Gasteiger partial charge in [0.1, 0.15) is 5.82 Å². The summed E-state index contributed by atoms with van der Waals surface area (Å²) < 4.78 is 46.6. The standard InChI is InChI=1S/C14H21FN2O3S/c1-9-6-11(7-10(8-16)14(9)15)21(18,19)17-12-4-3-5-13(12)20-2/h6-7,12-13,17H,3-5,8,16H2,1-2H3. The summed E-state index contributed by atoms with van der Waals surface area (Å²) in [5.74, 6) is -0.452. The van der Waals surface area contributed by atoms with Crippen molar-refractivity contribution in [2.75, 3.05) is 7.11 Å². The molecule has 5 nitrogen and oxygen atoms in total. The maximum Gasteiger partial charge on any atom is 0.240 e. The van der Waals surface area contributed by atoms with Crippen LogP contribution in [0.2, 0.25) is 0 Å². The van der Waals surface area contributed by atoms with Crippen molar-refractivity contribution in [2.24, 2.45) is 5.73 Å². The molecule has 1 saturated carbocycles. The molecule has 2 atom stereocenters. The van der Waals surface area contributed by atoms with Gasteiger partial charge in [-0.2, -0.15) is 0 Å². The number of hydrogen-bond acceptors (Lipinski definition) is 4. The van der Waals surface area contributed by atoms with E-state index in [1.807, 2.05) is 0 Å². The van der Waals surface area contributed by atoms with Gasteiger partial charge >= 0.3 is 0 Å². The van der Waals surface area contributed by atoms with E-state index in [9.17, 15) is 12.8 Å². The van der Waals surface area contributed by atoms with Crippen molar-refractivity contribution in [1.29, 1.82) is 0 Å². The van der Waals surface area contributed by atoms with Crippen molar-refractivity contribution < 1.29 is 17.5 Å². The zero-order valence-corrected chi connectivity index (χ0v) is 13.0. The van der Waals surface area contributed by atoms with E-state index in [1.165, 1.54) is 19.1 Å². The summed E-state index contributed by atoms with van der Waals surface area (Å²) in [7, 11) is -2.14. The first-order valence-corrected chi connectivity index (χ1v) is 8.41. The molecule has 118 valence electrons. The Kier molecular flexibility index (Phi) is 4.98. The number of methoxy groups -OCH3 is 1. The number of nitrogens with two attached hydrogens (primary N) is 1. The smallest absolute Gasteiger partial charge is 0.240 e. The van der Waals surface area contributed by atoms with Gasteiger partial charge in [0, 0.05) is 25.3 Å². The molecule has 0 aliphatic heterocycles. The molecule has 1 aromatic carbocycles. The molecule has 3 N–H and O–H groups in total. The third-order valence-electron chi connectivity index (χ3n) is 3.90. The third kappa shape index (κ3) is 3.42. The summed E-state index contributed by atoms with van der Waals surface area (Å²) in [6, 6.07) is 2.38. The van der Waals surface area contributed by atoms with Crippen LogP contribution in [0.3, 0.4) is 0 Å². The van der Waals surface area contributed by atoms with Crippen LogP contribution >= 0.6 is 0 Å². The molecule has 7 heteroatoms. The highest BCUT2D eigenvalue weighted by molar-refractivity contribution is 7.89. The predicted octanol–water partition coefficient (Wildman–Crippen LogP) is 1.44. The Morgan fingerprint density at radius 1 is 1.43 bits per heavy atom. The Bertz CT molecular complexity index is 619. The van der Waals surface area contributed by atoms with Crippen molar-refractivity contribution in [1.82, 2.24) is 4.72 Å². The van der Waals surface area contributed by atoms with E-state index in [4.69, 9.17) is 10.5 Å². The minimum Gasteiger partial charge on any atom is -0.380 e. The Morgan fingerprint density at radius 3 is 2.76 bits per heavy atom. The monoisotopic (exact) mass is 316 g/mol. The Labute approximate surface area is 124 Å². The normalized spacial score (nSPS) is 22.7. The van der Waals surface area contributed by atoms with Crippen molar-refractivity contribution in [2.45, 2.75) is 49.8 Å². The van der Waals surface area contributed by atoms with Gasteiger partial charge in [-0.15, -0.1) is 0 Å². The average Bonchev–Trinajstić information content (AvgIpc) is 2.87. The molecule has 1 aliphatic carbocycles. The lowest BCUT2D eigenvalue weighted by Crippen LogP contribution is -2.40. The van der Waals surface area contributed by atoms with Crippen LogP contribution in [0.5, 0.6) is 0 Å². The van der Waals surface area contributed by atoms with Gasteiger partial charge in [-0.1, -0.05) is 0 Å². The van der Waals surface area contributed by atoms with Gasteiger partial charge in [-0.3, -0.25) is 0 Å². The largest absolute Gasteiger partial charge is 0.380 e. The maximum absolute atomic E-state index is 13.8. The minimum absolute atomic E-state index is 0.0415. The van der Waals surface area contributed by atoms with E-state index in [0.717, 1.165) is 19.3 Å². The van der Waals surface area contributed by atoms with Crippen LogP contribution in [0.25, 0.3) is 0 Å². The van der Waals surface area contributed by atoms with E-state index in [1.54, 1.807) is 7.11 Å². The fourth-order valence-electron chi connectivity index (χ4n) is 2.72. The molecule has 0 aromatic heterocycles. The molecule has 0 amide bonds. The number of ether oxygens (including phenoxy) is 1. The quantitative estimate of drug-likeness (QED) is 0.861. The lowest BCUT2D eigenvalue weighted by molar-refractivity contribution is 0.0916. The van der Waals surface area contributed by atoms with E-state index in [0.29, 0.717) is 0 Å². The van der Waals surface area contributed by atoms with Crippen LogP contribution in [0.4, 0.5) is 4.39 Å². The summed E-state index contributed by atoms with van der Waals surface area (Å²) in [5.41, 5.74) is 5.93. The topological polar surface area (TPSA) is 81.4 Å². The second kappa shape index (κ2) is 6.39. The second-order valence-corrected chi connectivity index (χ2v) is 7.06. The molecule has 1 aliphatic rings. The highest BCUT2D eigenvalue weighted by Gasteiger charge is 2.31. The number of halogens is 1. The SMILES string of the molecule is COC1CCCC1NS(=O)(=O)c1cc(C)c(F)c(CN)c1. The van der Waals surface area contributed by atoms with Gasteiger partial charge in [-0.25, -0.2) is 17.5 Å². The molecule has 0 radical (unpaired) electrons. The molecule has 21 heavy (non-hydrogen) atoms. The lowest BCUT2D eigenvalue weighted by atomic mass is 10.1. The van der Waals surface area contributed by atoms with Crippen LogP contribution in [-0.4, -0.2) is 27.7 Å². The Morgan fingerprint density at radius 2 is 2.14 bits per heavy atom. The highest BCUT2D eigenvalue weighted by Crippen LogP contribution is 2.25. The summed E-state index contributed by atoms with van der Waals surface area (Å²) in [6.07, 6.45) is 2.37. The number of rotatable bonds is 5. The van der Waals surface area contributed by atoms with E-state index in [-0.39, 0.29) is 34.7 Å². The lowest BCUT2D eigenvalue weighted by Gasteiger charge is -2.20. The van der Waals surface area contributed by atoms with Crippen LogP contribution < -0.4 is 10.5 Å². The summed E-state index contributed by atoms with van der Waals surface area (Å²) in [6.45, 7) is 1.49. The van der Waals surface area contributed by atoms with Crippen molar-refractivity contribution >= 4 is 10.0 Å². The van der Waals surface area contributed by atoms with Crippen molar-refractivity contribution in [3.8, 4) is 0 Å². The first-order valence-electron chi connectivity index (χ1n) is 6.93. The molecule has 1 aromatic rings. The predicted molar refractivity (Wildman–Crippen MR) is 77.8 cm³/mol. The van der Waals surface area contributed by atoms with Crippen LogP contribution in [0.15, 0.2) is 17.0 Å². The van der Waals surface area contributed by atoms with E-state index >= 15 is 0 Å². The van der Waals surface area contributed by atoms with Gasteiger partial charge in [0.2, 0.25) is 10.0 Å². The maximum atomic E-state index is 13.8. The van der Waals surface area contributed by atoms with Gasteiger partial charge in [0.05, 0.1) is 11.0 Å². The van der Waals surface area contributed by atoms with Gasteiger partial charge in [0.25, 0.3) is 0 Å².